The van der Waals surface area contributed by atoms with Crippen molar-refractivity contribution < 1.29 is 19.4 Å². The van der Waals surface area contributed by atoms with Crippen LogP contribution in [0.3, 0.4) is 0 Å². The molecule has 0 aromatic heterocycles. The summed E-state index contributed by atoms with van der Waals surface area (Å²) < 4.78 is 5.26. The van der Waals surface area contributed by atoms with Gasteiger partial charge in [-0.25, -0.2) is 0 Å². The largest absolute Gasteiger partial charge is 0.462 e. The number of carbonyl (C=O) groups is 2. The number of cyclic esters (lactones) is 1. The zero-order chi connectivity index (χ0) is 19.6. The van der Waals surface area contributed by atoms with Gasteiger partial charge in [-0.15, -0.1) is 6.42 Å². The normalized spacial score (nSPS) is 36.7. The Labute approximate surface area is 162 Å². The fourth-order valence-electron chi connectivity index (χ4n) is 4.83. The van der Waals surface area contributed by atoms with Gasteiger partial charge in [0.25, 0.3) is 0 Å². The van der Waals surface area contributed by atoms with Crippen LogP contribution in [0.1, 0.15) is 65.2 Å². The summed E-state index contributed by atoms with van der Waals surface area (Å²) in [6.45, 7) is 4.19. The molecule has 3 rings (SSSR count). The molecule has 3 aliphatic rings. The highest BCUT2D eigenvalue weighted by atomic mass is 16.5. The molecule has 1 saturated heterocycles. The molecule has 3 fully saturated rings. The maximum atomic E-state index is 12.2. The summed E-state index contributed by atoms with van der Waals surface area (Å²) in [4.78, 5) is 23.3. The lowest BCUT2D eigenvalue weighted by Gasteiger charge is -2.33. The molecule has 2 saturated carbocycles. The van der Waals surface area contributed by atoms with Gasteiger partial charge >= 0.3 is 5.97 Å². The van der Waals surface area contributed by atoms with Crippen LogP contribution in [0, 0.1) is 29.6 Å². The van der Waals surface area contributed by atoms with Crippen LogP contribution in [-0.4, -0.2) is 29.1 Å². The van der Waals surface area contributed by atoms with E-state index in [0.717, 1.165) is 32.1 Å². The minimum Gasteiger partial charge on any atom is -0.462 e. The molecule has 4 nitrogen and oxygen atoms in total. The molecular formula is C23H30O4. The van der Waals surface area contributed by atoms with Crippen LogP contribution in [-0.2, 0) is 14.3 Å². The van der Waals surface area contributed by atoms with Crippen molar-refractivity contribution in [3.05, 3.63) is 23.3 Å². The number of esters is 1. The molecule has 2 unspecified atom stereocenters. The zero-order valence-corrected chi connectivity index (χ0v) is 16.4. The summed E-state index contributed by atoms with van der Waals surface area (Å²) in [5.74, 6) is 2.45. The van der Waals surface area contributed by atoms with Gasteiger partial charge in [-0.3, -0.25) is 9.59 Å². The number of ketones is 1. The Balaban J connectivity index is 1.51. The smallest absolute Gasteiger partial charge is 0.306 e. The van der Waals surface area contributed by atoms with Crippen molar-refractivity contribution in [1.82, 2.24) is 0 Å². The van der Waals surface area contributed by atoms with E-state index in [1.807, 2.05) is 0 Å². The number of aliphatic hydroxyl groups is 1. The van der Waals surface area contributed by atoms with E-state index in [0.29, 0.717) is 19.3 Å². The maximum Gasteiger partial charge on any atom is 0.306 e. The van der Waals surface area contributed by atoms with Gasteiger partial charge in [0, 0.05) is 24.7 Å². The number of ether oxygens (including phenoxy) is 1. The van der Waals surface area contributed by atoms with E-state index in [-0.39, 0.29) is 23.8 Å². The molecule has 1 aliphatic heterocycles. The van der Waals surface area contributed by atoms with Gasteiger partial charge in [0.05, 0.1) is 12.0 Å². The average molecular weight is 370 g/mol. The number of aliphatic hydroxyl groups excluding tert-OH is 1. The highest BCUT2D eigenvalue weighted by Crippen LogP contribution is 2.64. The second kappa shape index (κ2) is 8.02. The van der Waals surface area contributed by atoms with E-state index in [1.54, 1.807) is 0 Å². The first-order chi connectivity index (χ1) is 12.9. The van der Waals surface area contributed by atoms with Crippen LogP contribution in [0.2, 0.25) is 0 Å². The van der Waals surface area contributed by atoms with Crippen LogP contribution >= 0.6 is 0 Å². The highest BCUT2D eigenvalue weighted by Gasteiger charge is 2.65. The fraction of sp³-hybridized carbons (Fsp3) is 0.652. The van der Waals surface area contributed by atoms with E-state index >= 15 is 0 Å². The summed E-state index contributed by atoms with van der Waals surface area (Å²) in [5, 5.41) is 10.5. The lowest BCUT2D eigenvalue weighted by Crippen LogP contribution is -2.40. The predicted molar refractivity (Wildman–Crippen MR) is 104 cm³/mol. The Morgan fingerprint density at radius 2 is 2.07 bits per heavy atom. The van der Waals surface area contributed by atoms with Gasteiger partial charge in [0.2, 0.25) is 0 Å². The monoisotopic (exact) mass is 370 g/mol. The zero-order valence-electron chi connectivity index (χ0n) is 16.4. The Morgan fingerprint density at radius 3 is 2.74 bits per heavy atom. The standard InChI is InChI=1S/C23H30O4/c1-4-19-20(24)9-10-21(25)23(19)14-17(23)12-15(2)6-5-7-16(3)13-18-8-11-22(26)27-18/h1,7,12,17-19,21,25H,5-6,8-11,13-14H2,2-3H3/b15-12+,16-7+/t17-,18?,19+,21-,23?/m1/s1. The van der Waals surface area contributed by atoms with E-state index in [2.05, 4.69) is 31.9 Å². The van der Waals surface area contributed by atoms with Crippen molar-refractivity contribution >= 4 is 11.8 Å². The Hall–Kier alpha value is -1.86. The van der Waals surface area contributed by atoms with Gasteiger partial charge < -0.3 is 9.84 Å². The first-order valence-electron chi connectivity index (χ1n) is 10.1. The van der Waals surface area contributed by atoms with Crippen LogP contribution < -0.4 is 0 Å². The van der Waals surface area contributed by atoms with Gasteiger partial charge in [-0.2, -0.15) is 0 Å². The van der Waals surface area contributed by atoms with Crippen molar-refractivity contribution in [1.29, 1.82) is 0 Å². The van der Waals surface area contributed by atoms with Gasteiger partial charge in [0.15, 0.2) is 0 Å². The second-order valence-electron chi connectivity index (χ2n) is 8.50. The third-order valence-electron chi connectivity index (χ3n) is 6.45. The summed E-state index contributed by atoms with van der Waals surface area (Å²) in [6, 6.07) is 0. The van der Waals surface area contributed by atoms with Crippen molar-refractivity contribution in [3.8, 4) is 12.3 Å². The summed E-state index contributed by atoms with van der Waals surface area (Å²) >= 11 is 0. The van der Waals surface area contributed by atoms with Crippen molar-refractivity contribution in [3.63, 3.8) is 0 Å². The van der Waals surface area contributed by atoms with E-state index in [4.69, 9.17) is 11.2 Å². The number of hydrogen-bond acceptors (Lipinski definition) is 4. The topological polar surface area (TPSA) is 63.6 Å². The molecular weight excluding hydrogens is 340 g/mol. The number of carbonyl (C=O) groups excluding carboxylic acids is 2. The van der Waals surface area contributed by atoms with Crippen molar-refractivity contribution in [2.45, 2.75) is 77.4 Å². The molecule has 1 spiro atoms. The quantitative estimate of drug-likeness (QED) is 0.440. The number of hydrogen-bond donors (Lipinski definition) is 1. The molecule has 0 aromatic carbocycles. The number of allylic oxidation sites excluding steroid dienone is 3. The van der Waals surface area contributed by atoms with Crippen LogP contribution in [0.15, 0.2) is 23.3 Å². The maximum absolute atomic E-state index is 12.2. The molecule has 146 valence electrons. The minimum absolute atomic E-state index is 0.0442. The SMILES string of the molecule is C#C[C@H]1C(=O)CC[C@@H](O)C12C[C@H]2/C=C(\C)CC/C=C(\C)CC1CCC(=O)O1. The molecule has 2 aliphatic carbocycles. The number of terminal acetylenes is 1. The Bertz CT molecular complexity index is 710. The molecule has 1 heterocycles. The molecule has 1 N–H and O–H groups in total. The van der Waals surface area contributed by atoms with Gasteiger partial charge in [-0.1, -0.05) is 29.2 Å². The molecule has 5 atom stereocenters. The van der Waals surface area contributed by atoms with Gasteiger partial charge in [-0.05, 0) is 51.9 Å². The van der Waals surface area contributed by atoms with Crippen LogP contribution in [0.4, 0.5) is 0 Å². The average Bonchev–Trinajstić information content (AvgIpc) is 3.15. The van der Waals surface area contributed by atoms with E-state index < -0.39 is 17.4 Å². The Kier molecular flexibility index (Phi) is 5.91. The molecule has 4 heteroatoms. The van der Waals surface area contributed by atoms with E-state index in [9.17, 15) is 14.7 Å². The third-order valence-corrected chi connectivity index (χ3v) is 6.45. The number of rotatable bonds is 6. The molecule has 0 amide bonds. The van der Waals surface area contributed by atoms with Crippen LogP contribution in [0.25, 0.3) is 0 Å². The fourth-order valence-corrected chi connectivity index (χ4v) is 4.83. The van der Waals surface area contributed by atoms with Crippen molar-refractivity contribution in [2.24, 2.45) is 17.3 Å². The lowest BCUT2D eigenvalue weighted by molar-refractivity contribution is -0.141. The summed E-state index contributed by atoms with van der Waals surface area (Å²) in [7, 11) is 0. The molecule has 0 radical (unpaired) electrons. The summed E-state index contributed by atoms with van der Waals surface area (Å²) in [6.07, 6.45) is 15.4. The third kappa shape index (κ3) is 4.19. The summed E-state index contributed by atoms with van der Waals surface area (Å²) in [5.41, 5.74) is 2.11. The molecule has 27 heavy (non-hydrogen) atoms. The minimum atomic E-state index is -0.471. The van der Waals surface area contributed by atoms with Crippen molar-refractivity contribution in [2.75, 3.05) is 0 Å². The second-order valence-corrected chi connectivity index (χ2v) is 8.50. The predicted octanol–water partition coefficient (Wildman–Crippen LogP) is 3.73. The molecule has 0 aromatic rings. The van der Waals surface area contributed by atoms with E-state index in [1.165, 1.54) is 11.1 Å². The van der Waals surface area contributed by atoms with Gasteiger partial charge in [0.1, 0.15) is 11.9 Å². The first kappa shape index (κ1) is 19.9. The molecule has 0 bridgehead atoms. The Morgan fingerprint density at radius 1 is 1.30 bits per heavy atom. The lowest BCUT2D eigenvalue weighted by atomic mass is 9.72. The number of Topliss-reactive ketones (excluding diaryl/α,β-unsaturated/α-hetero) is 1. The highest BCUT2D eigenvalue weighted by molar-refractivity contribution is 5.86. The van der Waals surface area contributed by atoms with Crippen LogP contribution in [0.5, 0.6) is 0 Å². The first-order valence-corrected chi connectivity index (χ1v) is 10.1.